The van der Waals surface area contributed by atoms with Gasteiger partial charge in [0.2, 0.25) is 5.89 Å². The lowest BCUT2D eigenvalue weighted by Crippen LogP contribution is -2.14. The lowest BCUT2D eigenvalue weighted by atomic mass is 10.3. The smallest absolute Gasteiger partial charge is 0.330 e. The van der Waals surface area contributed by atoms with Crippen LogP contribution < -0.4 is 5.32 Å². The molecule has 0 amide bonds. The second-order valence-electron chi connectivity index (χ2n) is 3.19. The van der Waals surface area contributed by atoms with Crippen molar-refractivity contribution < 1.29 is 14.3 Å². The van der Waals surface area contributed by atoms with Crippen LogP contribution in [0, 0.1) is 6.92 Å². The molecule has 1 aromatic heterocycles. The third kappa shape index (κ3) is 3.95. The number of carboxylic acid groups (broad SMARTS) is 1. The first-order valence-corrected chi connectivity index (χ1v) is 4.61. The van der Waals surface area contributed by atoms with E-state index in [1.54, 1.807) is 19.2 Å². The molecular weight excluding hydrogens is 196 g/mol. The molecule has 1 aromatic rings. The molecular formula is C10H14N2O3. The normalized spacial score (nSPS) is 11.7. The van der Waals surface area contributed by atoms with Crippen LogP contribution >= 0.6 is 0 Å². The number of carboxylic acids is 1. The van der Waals surface area contributed by atoms with Crippen molar-refractivity contribution in [3.63, 3.8) is 0 Å². The van der Waals surface area contributed by atoms with Gasteiger partial charge in [0, 0.05) is 12.1 Å². The molecule has 5 nitrogen and oxygen atoms in total. The number of rotatable bonds is 5. The first-order valence-electron chi connectivity index (χ1n) is 4.61. The van der Waals surface area contributed by atoms with Gasteiger partial charge in [-0.05, 0) is 13.8 Å². The van der Waals surface area contributed by atoms with E-state index in [1.165, 1.54) is 0 Å². The highest BCUT2D eigenvalue weighted by Crippen LogP contribution is 2.00. The standard InChI is InChI=1S/C10H14N2O3/c1-7(10(13)14)3-4-11-6-9-12-5-8(2)15-9/h3,5,11H,4,6H2,1-2H3,(H,13,14)/b7-3-. The molecule has 2 N–H and O–H groups in total. The summed E-state index contributed by atoms with van der Waals surface area (Å²) in [6, 6.07) is 0. The van der Waals surface area contributed by atoms with Gasteiger partial charge < -0.3 is 14.8 Å². The molecule has 0 aromatic carbocycles. The summed E-state index contributed by atoms with van der Waals surface area (Å²) in [6.45, 7) is 4.36. The van der Waals surface area contributed by atoms with Gasteiger partial charge in [-0.3, -0.25) is 0 Å². The van der Waals surface area contributed by atoms with Crippen molar-refractivity contribution in [2.24, 2.45) is 0 Å². The molecule has 82 valence electrons. The van der Waals surface area contributed by atoms with Crippen molar-refractivity contribution in [2.45, 2.75) is 20.4 Å². The molecule has 0 saturated heterocycles. The van der Waals surface area contributed by atoms with Gasteiger partial charge in [0.15, 0.2) is 0 Å². The van der Waals surface area contributed by atoms with Gasteiger partial charge in [-0.15, -0.1) is 0 Å². The molecule has 0 aliphatic heterocycles. The minimum absolute atomic E-state index is 0.325. The Hall–Kier alpha value is -1.62. The largest absolute Gasteiger partial charge is 0.478 e. The molecule has 15 heavy (non-hydrogen) atoms. The highest BCUT2D eigenvalue weighted by atomic mass is 16.4. The summed E-state index contributed by atoms with van der Waals surface area (Å²) in [5.74, 6) is 0.474. The minimum atomic E-state index is -0.899. The predicted octanol–water partition coefficient (Wildman–Crippen LogP) is 1.10. The maximum Gasteiger partial charge on any atom is 0.330 e. The van der Waals surface area contributed by atoms with Gasteiger partial charge in [0.05, 0.1) is 12.7 Å². The van der Waals surface area contributed by atoms with Crippen LogP contribution in [0.15, 0.2) is 22.3 Å². The average molecular weight is 210 g/mol. The van der Waals surface area contributed by atoms with Crippen LogP contribution in [0.1, 0.15) is 18.6 Å². The van der Waals surface area contributed by atoms with Crippen molar-refractivity contribution >= 4 is 5.97 Å². The molecule has 0 unspecified atom stereocenters. The number of aliphatic carboxylic acids is 1. The SMILES string of the molecule is C/C(=C/CNCc1ncc(C)o1)C(=O)O. The molecule has 0 saturated carbocycles. The summed E-state index contributed by atoms with van der Waals surface area (Å²) >= 11 is 0. The first kappa shape index (κ1) is 11.5. The zero-order valence-electron chi connectivity index (χ0n) is 8.78. The Balaban J connectivity index is 2.28. The van der Waals surface area contributed by atoms with Crippen molar-refractivity contribution in [1.82, 2.24) is 10.3 Å². The lowest BCUT2D eigenvalue weighted by Gasteiger charge is -1.97. The van der Waals surface area contributed by atoms with Crippen LogP contribution in [0.3, 0.4) is 0 Å². The molecule has 0 radical (unpaired) electrons. The van der Waals surface area contributed by atoms with E-state index in [9.17, 15) is 4.79 Å². The van der Waals surface area contributed by atoms with Crippen molar-refractivity contribution in [2.75, 3.05) is 6.54 Å². The molecule has 0 aliphatic carbocycles. The van der Waals surface area contributed by atoms with E-state index in [4.69, 9.17) is 9.52 Å². The van der Waals surface area contributed by atoms with Crippen LogP contribution in [-0.4, -0.2) is 22.6 Å². The topological polar surface area (TPSA) is 75.4 Å². The Morgan fingerprint density at radius 3 is 3.00 bits per heavy atom. The Bertz CT molecular complexity index is 368. The Kier molecular flexibility index (Phi) is 4.05. The quantitative estimate of drug-likeness (QED) is 0.562. The number of hydrogen-bond acceptors (Lipinski definition) is 4. The van der Waals surface area contributed by atoms with Gasteiger partial charge in [0.1, 0.15) is 5.76 Å². The van der Waals surface area contributed by atoms with Gasteiger partial charge in [-0.25, -0.2) is 9.78 Å². The van der Waals surface area contributed by atoms with Gasteiger partial charge in [-0.2, -0.15) is 0 Å². The predicted molar refractivity (Wildman–Crippen MR) is 54.3 cm³/mol. The molecule has 1 rings (SSSR count). The molecule has 0 atom stereocenters. The fraction of sp³-hybridized carbons (Fsp3) is 0.400. The summed E-state index contributed by atoms with van der Waals surface area (Å²) in [5, 5.41) is 11.6. The van der Waals surface area contributed by atoms with E-state index < -0.39 is 5.97 Å². The minimum Gasteiger partial charge on any atom is -0.478 e. The monoisotopic (exact) mass is 210 g/mol. The fourth-order valence-electron chi connectivity index (χ4n) is 0.975. The van der Waals surface area contributed by atoms with Crippen LogP contribution in [0.25, 0.3) is 0 Å². The second-order valence-corrected chi connectivity index (χ2v) is 3.19. The summed E-state index contributed by atoms with van der Waals surface area (Å²) in [6.07, 6.45) is 3.26. The first-order chi connectivity index (χ1) is 7.09. The zero-order chi connectivity index (χ0) is 11.3. The van der Waals surface area contributed by atoms with Crippen LogP contribution in [0.2, 0.25) is 0 Å². The highest BCUT2D eigenvalue weighted by molar-refractivity contribution is 5.85. The molecule has 5 heteroatoms. The second kappa shape index (κ2) is 5.31. The number of oxazole rings is 1. The molecule has 0 spiro atoms. The third-order valence-electron chi connectivity index (χ3n) is 1.84. The van der Waals surface area contributed by atoms with E-state index >= 15 is 0 Å². The molecule has 0 aliphatic rings. The average Bonchev–Trinajstić information content (AvgIpc) is 2.58. The van der Waals surface area contributed by atoms with E-state index in [2.05, 4.69) is 10.3 Å². The van der Waals surface area contributed by atoms with Crippen LogP contribution in [0.5, 0.6) is 0 Å². The molecule has 0 bridgehead atoms. The van der Waals surface area contributed by atoms with E-state index in [0.717, 1.165) is 5.76 Å². The van der Waals surface area contributed by atoms with Crippen molar-refractivity contribution in [1.29, 1.82) is 0 Å². The summed E-state index contributed by atoms with van der Waals surface area (Å²) in [7, 11) is 0. The van der Waals surface area contributed by atoms with Gasteiger partial charge >= 0.3 is 5.97 Å². The van der Waals surface area contributed by atoms with E-state index in [1.807, 2.05) is 6.92 Å². The van der Waals surface area contributed by atoms with E-state index in [-0.39, 0.29) is 0 Å². The number of nitrogens with one attached hydrogen (secondary N) is 1. The summed E-state index contributed by atoms with van der Waals surface area (Å²) < 4.78 is 5.23. The molecule has 0 fully saturated rings. The van der Waals surface area contributed by atoms with E-state index in [0.29, 0.717) is 24.6 Å². The van der Waals surface area contributed by atoms with Gasteiger partial charge in [0.25, 0.3) is 0 Å². The lowest BCUT2D eigenvalue weighted by molar-refractivity contribution is -0.132. The zero-order valence-corrected chi connectivity index (χ0v) is 8.78. The highest BCUT2D eigenvalue weighted by Gasteiger charge is 2.00. The Morgan fingerprint density at radius 2 is 2.47 bits per heavy atom. The number of nitrogens with zero attached hydrogens (tertiary/aromatic N) is 1. The maximum absolute atomic E-state index is 10.4. The van der Waals surface area contributed by atoms with Crippen LogP contribution in [-0.2, 0) is 11.3 Å². The number of hydrogen-bond donors (Lipinski definition) is 2. The number of aromatic nitrogens is 1. The summed E-state index contributed by atoms with van der Waals surface area (Å²) in [4.78, 5) is 14.4. The van der Waals surface area contributed by atoms with Crippen LogP contribution in [0.4, 0.5) is 0 Å². The van der Waals surface area contributed by atoms with Gasteiger partial charge in [-0.1, -0.05) is 6.08 Å². The van der Waals surface area contributed by atoms with Crippen molar-refractivity contribution in [3.05, 3.63) is 29.5 Å². The Morgan fingerprint density at radius 1 is 1.73 bits per heavy atom. The third-order valence-corrected chi connectivity index (χ3v) is 1.84. The summed E-state index contributed by atoms with van der Waals surface area (Å²) in [5.41, 5.74) is 0.325. The van der Waals surface area contributed by atoms with Crippen molar-refractivity contribution in [3.8, 4) is 0 Å². The maximum atomic E-state index is 10.4. The molecule has 1 heterocycles. The fourth-order valence-corrected chi connectivity index (χ4v) is 0.975. The Labute approximate surface area is 87.8 Å². The number of aryl methyl sites for hydroxylation is 1. The number of carbonyl (C=O) groups is 1.